The van der Waals surface area contributed by atoms with E-state index in [0.29, 0.717) is 23.9 Å². The maximum Gasteiger partial charge on any atom is 0.165 e. The number of Topliss-reactive ketones (excluding diaryl/α,β-unsaturated/α-hetero) is 1. The molecule has 0 saturated heterocycles. The van der Waals surface area contributed by atoms with Crippen LogP contribution in [0.1, 0.15) is 23.2 Å². The molecular formula is C10H11BrFNO. The molecule has 4 heteroatoms. The smallest absolute Gasteiger partial charge is 0.165 e. The molecule has 0 aliphatic carbocycles. The van der Waals surface area contributed by atoms with Crippen LogP contribution in [0.15, 0.2) is 22.7 Å². The molecule has 0 aromatic heterocycles. The summed E-state index contributed by atoms with van der Waals surface area (Å²) < 4.78 is 13.9. The van der Waals surface area contributed by atoms with Crippen LogP contribution in [0.4, 0.5) is 4.39 Å². The van der Waals surface area contributed by atoms with Gasteiger partial charge in [0.15, 0.2) is 5.78 Å². The van der Waals surface area contributed by atoms with Gasteiger partial charge in [-0.3, -0.25) is 4.79 Å². The van der Waals surface area contributed by atoms with Gasteiger partial charge >= 0.3 is 0 Å². The molecular weight excluding hydrogens is 249 g/mol. The first-order valence-corrected chi connectivity index (χ1v) is 5.12. The van der Waals surface area contributed by atoms with Crippen LogP contribution in [0.3, 0.4) is 0 Å². The summed E-state index contributed by atoms with van der Waals surface area (Å²) >= 11 is 3.13. The highest BCUT2D eigenvalue weighted by atomic mass is 79.9. The standard InChI is InChI=1S/C10H11BrFNO/c11-7-3-4-8(9(12)6-7)10(14)2-1-5-13/h3-4,6H,1-2,5,13H2. The average Bonchev–Trinajstić information content (AvgIpc) is 2.14. The minimum atomic E-state index is -0.485. The lowest BCUT2D eigenvalue weighted by Gasteiger charge is -2.01. The quantitative estimate of drug-likeness (QED) is 0.845. The minimum Gasteiger partial charge on any atom is -0.330 e. The highest BCUT2D eigenvalue weighted by Gasteiger charge is 2.10. The maximum absolute atomic E-state index is 13.2. The first-order chi connectivity index (χ1) is 6.65. The first-order valence-electron chi connectivity index (χ1n) is 4.33. The summed E-state index contributed by atoms with van der Waals surface area (Å²) in [4.78, 5) is 11.4. The van der Waals surface area contributed by atoms with E-state index in [0.717, 1.165) is 0 Å². The molecule has 14 heavy (non-hydrogen) atoms. The topological polar surface area (TPSA) is 43.1 Å². The number of carbonyl (C=O) groups excluding carboxylic acids is 1. The molecule has 1 rings (SSSR count). The zero-order valence-electron chi connectivity index (χ0n) is 7.59. The molecule has 0 aliphatic heterocycles. The van der Waals surface area contributed by atoms with Gasteiger partial charge in [0.25, 0.3) is 0 Å². The molecule has 1 aromatic rings. The second-order valence-corrected chi connectivity index (χ2v) is 3.86. The van der Waals surface area contributed by atoms with Crippen molar-refractivity contribution in [3.63, 3.8) is 0 Å². The first kappa shape index (κ1) is 11.3. The Kier molecular flexibility index (Phi) is 4.22. The van der Waals surface area contributed by atoms with Gasteiger partial charge in [0, 0.05) is 10.9 Å². The van der Waals surface area contributed by atoms with Crippen molar-refractivity contribution < 1.29 is 9.18 Å². The van der Waals surface area contributed by atoms with E-state index in [1.807, 2.05) is 0 Å². The van der Waals surface area contributed by atoms with Gasteiger partial charge in [-0.25, -0.2) is 4.39 Å². The fraction of sp³-hybridized carbons (Fsp3) is 0.300. The van der Waals surface area contributed by atoms with Gasteiger partial charge in [-0.1, -0.05) is 15.9 Å². The molecule has 0 amide bonds. The molecule has 0 atom stereocenters. The Morgan fingerprint density at radius 2 is 2.21 bits per heavy atom. The molecule has 0 heterocycles. The molecule has 0 radical (unpaired) electrons. The number of rotatable bonds is 4. The van der Waals surface area contributed by atoms with E-state index in [-0.39, 0.29) is 11.3 Å². The Labute approximate surface area is 90.4 Å². The van der Waals surface area contributed by atoms with E-state index < -0.39 is 5.82 Å². The fourth-order valence-corrected chi connectivity index (χ4v) is 1.45. The van der Waals surface area contributed by atoms with E-state index in [4.69, 9.17) is 5.73 Å². The van der Waals surface area contributed by atoms with E-state index in [9.17, 15) is 9.18 Å². The van der Waals surface area contributed by atoms with Crippen molar-refractivity contribution in [3.05, 3.63) is 34.1 Å². The van der Waals surface area contributed by atoms with E-state index in [2.05, 4.69) is 15.9 Å². The number of hydrogen-bond acceptors (Lipinski definition) is 2. The van der Waals surface area contributed by atoms with E-state index in [1.165, 1.54) is 12.1 Å². The van der Waals surface area contributed by atoms with Crippen molar-refractivity contribution in [2.45, 2.75) is 12.8 Å². The third kappa shape index (κ3) is 2.89. The molecule has 0 fully saturated rings. The molecule has 76 valence electrons. The maximum atomic E-state index is 13.2. The largest absolute Gasteiger partial charge is 0.330 e. The van der Waals surface area contributed by atoms with Gasteiger partial charge in [-0.05, 0) is 31.2 Å². The average molecular weight is 260 g/mol. The number of hydrogen-bond donors (Lipinski definition) is 1. The summed E-state index contributed by atoms with van der Waals surface area (Å²) in [6.07, 6.45) is 0.892. The van der Waals surface area contributed by atoms with Crippen LogP contribution in [0.5, 0.6) is 0 Å². The second-order valence-electron chi connectivity index (χ2n) is 2.94. The van der Waals surface area contributed by atoms with Crippen LogP contribution in [0.25, 0.3) is 0 Å². The summed E-state index contributed by atoms with van der Waals surface area (Å²) in [7, 11) is 0. The Morgan fingerprint density at radius 3 is 2.79 bits per heavy atom. The number of ketones is 1. The molecule has 0 bridgehead atoms. The number of nitrogens with two attached hydrogens (primary N) is 1. The molecule has 0 aliphatic rings. The Morgan fingerprint density at radius 1 is 1.50 bits per heavy atom. The molecule has 0 unspecified atom stereocenters. The minimum absolute atomic E-state index is 0.140. The van der Waals surface area contributed by atoms with Crippen molar-refractivity contribution in [2.75, 3.05) is 6.54 Å². The Bertz CT molecular complexity index is 341. The zero-order chi connectivity index (χ0) is 10.6. The lowest BCUT2D eigenvalue weighted by atomic mass is 10.1. The van der Waals surface area contributed by atoms with Gasteiger partial charge in [0.05, 0.1) is 5.56 Å². The highest BCUT2D eigenvalue weighted by molar-refractivity contribution is 9.10. The van der Waals surface area contributed by atoms with Gasteiger partial charge in [0.2, 0.25) is 0 Å². The van der Waals surface area contributed by atoms with Crippen LogP contribution in [0.2, 0.25) is 0 Å². The van der Waals surface area contributed by atoms with Crippen molar-refractivity contribution >= 4 is 21.7 Å². The Balaban J connectivity index is 2.80. The van der Waals surface area contributed by atoms with Gasteiger partial charge in [0.1, 0.15) is 5.82 Å². The normalized spacial score (nSPS) is 10.2. The predicted octanol–water partition coefficient (Wildman–Crippen LogP) is 2.51. The van der Waals surface area contributed by atoms with Gasteiger partial charge < -0.3 is 5.73 Å². The number of carbonyl (C=O) groups is 1. The van der Waals surface area contributed by atoms with E-state index >= 15 is 0 Å². The van der Waals surface area contributed by atoms with Crippen molar-refractivity contribution in [2.24, 2.45) is 5.73 Å². The fourth-order valence-electron chi connectivity index (χ4n) is 1.11. The summed E-state index contributed by atoms with van der Waals surface area (Å²) in [5.74, 6) is -0.679. The number of halogens is 2. The molecule has 0 saturated carbocycles. The molecule has 2 N–H and O–H groups in total. The van der Waals surface area contributed by atoms with Crippen LogP contribution < -0.4 is 5.73 Å². The van der Waals surface area contributed by atoms with Crippen LogP contribution in [-0.2, 0) is 0 Å². The van der Waals surface area contributed by atoms with Crippen molar-refractivity contribution in [1.82, 2.24) is 0 Å². The molecule has 1 aromatic carbocycles. The summed E-state index contributed by atoms with van der Waals surface area (Å²) in [6.45, 7) is 0.448. The van der Waals surface area contributed by atoms with Gasteiger partial charge in [-0.2, -0.15) is 0 Å². The summed E-state index contributed by atoms with van der Waals surface area (Å²) in [6, 6.07) is 4.42. The van der Waals surface area contributed by atoms with Crippen LogP contribution >= 0.6 is 15.9 Å². The third-order valence-electron chi connectivity index (χ3n) is 1.84. The number of benzene rings is 1. The highest BCUT2D eigenvalue weighted by Crippen LogP contribution is 2.16. The lowest BCUT2D eigenvalue weighted by molar-refractivity contribution is 0.0977. The Hall–Kier alpha value is -0.740. The van der Waals surface area contributed by atoms with Crippen molar-refractivity contribution in [3.8, 4) is 0 Å². The third-order valence-corrected chi connectivity index (χ3v) is 2.33. The molecule has 2 nitrogen and oxygen atoms in total. The lowest BCUT2D eigenvalue weighted by Crippen LogP contribution is -2.06. The zero-order valence-corrected chi connectivity index (χ0v) is 9.18. The summed E-state index contributed by atoms with van der Waals surface area (Å²) in [5.41, 5.74) is 5.40. The van der Waals surface area contributed by atoms with Gasteiger partial charge in [-0.15, -0.1) is 0 Å². The van der Waals surface area contributed by atoms with Crippen molar-refractivity contribution in [1.29, 1.82) is 0 Å². The van der Waals surface area contributed by atoms with E-state index in [1.54, 1.807) is 6.07 Å². The monoisotopic (exact) mass is 259 g/mol. The second kappa shape index (κ2) is 5.22. The predicted molar refractivity (Wildman–Crippen MR) is 56.7 cm³/mol. The molecule has 0 spiro atoms. The summed E-state index contributed by atoms with van der Waals surface area (Å²) in [5, 5.41) is 0. The van der Waals surface area contributed by atoms with Crippen LogP contribution in [-0.4, -0.2) is 12.3 Å². The van der Waals surface area contributed by atoms with Crippen LogP contribution in [0, 0.1) is 5.82 Å². The SMILES string of the molecule is NCCCC(=O)c1ccc(Br)cc1F.